The molecule has 2 atom stereocenters. The fraction of sp³-hybridized carbons (Fsp3) is 0.533. The smallest absolute Gasteiger partial charge is 0.176 e. The molecule has 1 aliphatic rings. The molecular formula is C15H20BrNO. The van der Waals surface area contributed by atoms with E-state index < -0.39 is 0 Å². The number of benzene rings is 1. The van der Waals surface area contributed by atoms with Gasteiger partial charge in [-0.1, -0.05) is 41.9 Å². The van der Waals surface area contributed by atoms with E-state index in [0.717, 1.165) is 29.0 Å². The van der Waals surface area contributed by atoms with Crippen LogP contribution >= 0.6 is 15.9 Å². The van der Waals surface area contributed by atoms with Gasteiger partial charge in [0.25, 0.3) is 0 Å². The number of likely N-dealkylation sites (tertiary alicyclic amines) is 1. The lowest BCUT2D eigenvalue weighted by atomic mass is 9.88. The summed E-state index contributed by atoms with van der Waals surface area (Å²) >= 11 is 3.39. The first-order valence-electron chi connectivity index (χ1n) is 6.57. The molecule has 2 rings (SSSR count). The standard InChI is InChI=1S/C15H20BrNO/c1-11-7-8-17(9-12(11)2)10-15(18)13-3-5-14(16)6-4-13/h3-6,11-12H,7-10H2,1-2H3. The Morgan fingerprint density at radius 2 is 1.94 bits per heavy atom. The van der Waals surface area contributed by atoms with E-state index >= 15 is 0 Å². The predicted molar refractivity (Wildman–Crippen MR) is 77.9 cm³/mol. The van der Waals surface area contributed by atoms with Gasteiger partial charge < -0.3 is 0 Å². The van der Waals surface area contributed by atoms with Crippen molar-refractivity contribution in [2.75, 3.05) is 19.6 Å². The van der Waals surface area contributed by atoms with Crippen LogP contribution in [0.3, 0.4) is 0 Å². The second kappa shape index (κ2) is 5.98. The first-order valence-corrected chi connectivity index (χ1v) is 7.36. The number of Topliss-reactive ketones (excluding diaryl/α,β-unsaturated/α-hetero) is 1. The lowest BCUT2D eigenvalue weighted by Crippen LogP contribution is -2.41. The molecule has 1 saturated heterocycles. The number of hydrogen-bond donors (Lipinski definition) is 0. The number of carbonyl (C=O) groups is 1. The highest BCUT2D eigenvalue weighted by molar-refractivity contribution is 9.10. The fourth-order valence-electron chi connectivity index (χ4n) is 2.42. The van der Waals surface area contributed by atoms with Crippen molar-refractivity contribution in [3.05, 3.63) is 34.3 Å². The maximum Gasteiger partial charge on any atom is 0.176 e. The normalized spacial score (nSPS) is 25.1. The zero-order chi connectivity index (χ0) is 13.1. The van der Waals surface area contributed by atoms with Crippen LogP contribution in [0.1, 0.15) is 30.6 Å². The van der Waals surface area contributed by atoms with Gasteiger partial charge in [0.2, 0.25) is 0 Å². The van der Waals surface area contributed by atoms with Crippen molar-refractivity contribution in [1.82, 2.24) is 4.90 Å². The molecule has 0 N–H and O–H groups in total. The monoisotopic (exact) mass is 309 g/mol. The minimum Gasteiger partial charge on any atom is -0.296 e. The van der Waals surface area contributed by atoms with Gasteiger partial charge in [-0.15, -0.1) is 0 Å². The van der Waals surface area contributed by atoms with Gasteiger partial charge in [-0.05, 0) is 36.9 Å². The minimum atomic E-state index is 0.226. The topological polar surface area (TPSA) is 20.3 Å². The zero-order valence-electron chi connectivity index (χ0n) is 11.0. The third-order valence-electron chi connectivity index (χ3n) is 3.95. The Bertz CT molecular complexity index is 415. The molecule has 0 amide bonds. The number of piperidine rings is 1. The summed E-state index contributed by atoms with van der Waals surface area (Å²) in [6.07, 6.45) is 1.20. The van der Waals surface area contributed by atoms with Crippen LogP contribution < -0.4 is 0 Å². The van der Waals surface area contributed by atoms with Crippen LogP contribution in [0.5, 0.6) is 0 Å². The van der Waals surface area contributed by atoms with Crippen molar-refractivity contribution in [2.24, 2.45) is 11.8 Å². The Morgan fingerprint density at radius 1 is 1.28 bits per heavy atom. The molecule has 1 heterocycles. The van der Waals surface area contributed by atoms with Crippen molar-refractivity contribution in [1.29, 1.82) is 0 Å². The number of ketones is 1. The number of halogens is 1. The van der Waals surface area contributed by atoms with E-state index in [2.05, 4.69) is 34.7 Å². The minimum absolute atomic E-state index is 0.226. The molecule has 2 nitrogen and oxygen atoms in total. The molecular weight excluding hydrogens is 290 g/mol. The summed E-state index contributed by atoms with van der Waals surface area (Å²) in [4.78, 5) is 14.4. The number of carbonyl (C=O) groups excluding carboxylic acids is 1. The summed E-state index contributed by atoms with van der Waals surface area (Å²) in [6, 6.07) is 7.63. The summed E-state index contributed by atoms with van der Waals surface area (Å²) in [6.45, 7) is 7.23. The molecule has 2 unspecified atom stereocenters. The summed E-state index contributed by atoms with van der Waals surface area (Å²) in [7, 11) is 0. The average molecular weight is 310 g/mol. The molecule has 0 aromatic heterocycles. The lowest BCUT2D eigenvalue weighted by molar-refractivity contribution is 0.0849. The molecule has 0 radical (unpaired) electrons. The van der Waals surface area contributed by atoms with Gasteiger partial charge in [0.1, 0.15) is 0 Å². The third kappa shape index (κ3) is 3.42. The summed E-state index contributed by atoms with van der Waals surface area (Å²) in [5.41, 5.74) is 0.810. The average Bonchev–Trinajstić information content (AvgIpc) is 2.34. The molecule has 18 heavy (non-hydrogen) atoms. The SMILES string of the molecule is CC1CCN(CC(=O)c2ccc(Br)cc2)CC1C. The molecule has 0 aliphatic carbocycles. The van der Waals surface area contributed by atoms with Gasteiger partial charge in [-0.25, -0.2) is 0 Å². The zero-order valence-corrected chi connectivity index (χ0v) is 12.6. The molecule has 0 saturated carbocycles. The van der Waals surface area contributed by atoms with E-state index in [9.17, 15) is 4.79 Å². The maximum atomic E-state index is 12.2. The van der Waals surface area contributed by atoms with Crippen molar-refractivity contribution >= 4 is 21.7 Å². The molecule has 0 bridgehead atoms. The van der Waals surface area contributed by atoms with Crippen LogP contribution in [0.25, 0.3) is 0 Å². The number of nitrogens with zero attached hydrogens (tertiary/aromatic N) is 1. The summed E-state index contributed by atoms with van der Waals surface area (Å²) < 4.78 is 1.01. The van der Waals surface area contributed by atoms with Crippen LogP contribution in [-0.2, 0) is 0 Å². The van der Waals surface area contributed by atoms with Crippen LogP contribution in [0.15, 0.2) is 28.7 Å². The Morgan fingerprint density at radius 3 is 2.56 bits per heavy atom. The lowest BCUT2D eigenvalue weighted by Gasteiger charge is -2.34. The molecule has 1 aromatic carbocycles. The Labute approximate surface area is 117 Å². The van der Waals surface area contributed by atoms with Gasteiger partial charge in [0.15, 0.2) is 5.78 Å². The van der Waals surface area contributed by atoms with Gasteiger partial charge >= 0.3 is 0 Å². The summed E-state index contributed by atoms with van der Waals surface area (Å²) in [5.74, 6) is 1.70. The molecule has 1 fully saturated rings. The highest BCUT2D eigenvalue weighted by Crippen LogP contribution is 2.22. The van der Waals surface area contributed by atoms with E-state index in [1.807, 2.05) is 24.3 Å². The van der Waals surface area contributed by atoms with Crippen molar-refractivity contribution in [2.45, 2.75) is 20.3 Å². The van der Waals surface area contributed by atoms with Crippen LogP contribution in [-0.4, -0.2) is 30.3 Å². The van der Waals surface area contributed by atoms with E-state index in [0.29, 0.717) is 12.5 Å². The Balaban J connectivity index is 1.93. The molecule has 0 spiro atoms. The van der Waals surface area contributed by atoms with Crippen molar-refractivity contribution in [3.63, 3.8) is 0 Å². The quantitative estimate of drug-likeness (QED) is 0.795. The molecule has 98 valence electrons. The number of hydrogen-bond acceptors (Lipinski definition) is 2. The Kier molecular flexibility index (Phi) is 4.57. The fourth-order valence-corrected chi connectivity index (χ4v) is 2.69. The number of rotatable bonds is 3. The van der Waals surface area contributed by atoms with E-state index in [1.54, 1.807) is 0 Å². The van der Waals surface area contributed by atoms with Crippen molar-refractivity contribution in [3.8, 4) is 0 Å². The van der Waals surface area contributed by atoms with Crippen LogP contribution in [0.4, 0.5) is 0 Å². The van der Waals surface area contributed by atoms with Gasteiger partial charge in [0, 0.05) is 16.6 Å². The highest BCUT2D eigenvalue weighted by Gasteiger charge is 2.24. The molecule has 1 aliphatic heterocycles. The second-order valence-corrected chi connectivity index (χ2v) is 6.32. The summed E-state index contributed by atoms with van der Waals surface area (Å²) in [5, 5.41) is 0. The maximum absolute atomic E-state index is 12.2. The molecule has 3 heteroatoms. The van der Waals surface area contributed by atoms with Crippen molar-refractivity contribution < 1.29 is 4.79 Å². The Hall–Kier alpha value is -0.670. The largest absolute Gasteiger partial charge is 0.296 e. The highest BCUT2D eigenvalue weighted by atomic mass is 79.9. The van der Waals surface area contributed by atoms with Gasteiger partial charge in [-0.2, -0.15) is 0 Å². The van der Waals surface area contributed by atoms with E-state index in [1.165, 1.54) is 6.42 Å². The van der Waals surface area contributed by atoms with E-state index in [4.69, 9.17) is 0 Å². The second-order valence-electron chi connectivity index (χ2n) is 5.41. The van der Waals surface area contributed by atoms with Gasteiger partial charge in [0.05, 0.1) is 6.54 Å². The third-order valence-corrected chi connectivity index (χ3v) is 4.48. The van der Waals surface area contributed by atoms with E-state index in [-0.39, 0.29) is 5.78 Å². The van der Waals surface area contributed by atoms with Crippen LogP contribution in [0, 0.1) is 11.8 Å². The molecule has 1 aromatic rings. The first kappa shape index (κ1) is 13.8. The predicted octanol–water partition coefficient (Wildman–Crippen LogP) is 3.61. The van der Waals surface area contributed by atoms with Crippen LogP contribution in [0.2, 0.25) is 0 Å². The van der Waals surface area contributed by atoms with Gasteiger partial charge in [-0.3, -0.25) is 9.69 Å². The first-order chi connectivity index (χ1) is 8.56.